The number of carbonyl (C=O) groups is 1. The number of carbonyl (C=O) groups excluding carboxylic acids is 1. The van der Waals surface area contributed by atoms with Crippen LogP contribution in [0.15, 0.2) is 30.6 Å². The number of nitrogens with zero attached hydrogens (tertiary/aromatic N) is 2. The van der Waals surface area contributed by atoms with Crippen molar-refractivity contribution in [3.63, 3.8) is 0 Å². The molecule has 0 bridgehead atoms. The second kappa shape index (κ2) is 5.00. The molecule has 2 heterocycles. The maximum absolute atomic E-state index is 12.2. The van der Waals surface area contributed by atoms with Crippen LogP contribution >= 0.6 is 0 Å². The summed E-state index contributed by atoms with van der Waals surface area (Å²) in [6.07, 6.45) is 4.54. The first-order valence-electron chi connectivity index (χ1n) is 6.86. The van der Waals surface area contributed by atoms with Gasteiger partial charge in [0.2, 0.25) is 0 Å². The van der Waals surface area contributed by atoms with E-state index < -0.39 is 0 Å². The first-order valence-corrected chi connectivity index (χ1v) is 6.86. The number of benzene rings is 1. The third kappa shape index (κ3) is 2.39. The average molecular weight is 270 g/mol. The number of nitrogens with one attached hydrogen (secondary N) is 2. The summed E-state index contributed by atoms with van der Waals surface area (Å²) >= 11 is 0. The van der Waals surface area contributed by atoms with Crippen LogP contribution in [0.3, 0.4) is 0 Å². The van der Waals surface area contributed by atoms with E-state index in [0.717, 1.165) is 24.3 Å². The van der Waals surface area contributed by atoms with E-state index >= 15 is 0 Å². The quantitative estimate of drug-likeness (QED) is 0.901. The van der Waals surface area contributed by atoms with Crippen LogP contribution in [0.1, 0.15) is 35.8 Å². The summed E-state index contributed by atoms with van der Waals surface area (Å²) in [4.78, 5) is 12.2. The van der Waals surface area contributed by atoms with E-state index in [0.29, 0.717) is 5.56 Å². The summed E-state index contributed by atoms with van der Waals surface area (Å²) in [5, 5.41) is 10.4. The Hall–Kier alpha value is -2.30. The van der Waals surface area contributed by atoms with Crippen LogP contribution in [-0.4, -0.2) is 22.2 Å². The molecule has 1 aliphatic rings. The minimum atomic E-state index is -0.107. The standard InChI is InChI=1S/C15H18N4O/c1-10(2)19-9-13(8-17-19)18-15(20)12-4-3-11-5-6-16-14(11)7-12/h3-4,7-10,16H,5-6H2,1-2H3,(H,18,20). The van der Waals surface area contributed by atoms with Gasteiger partial charge in [-0.2, -0.15) is 5.10 Å². The van der Waals surface area contributed by atoms with Crippen molar-refractivity contribution in [2.75, 3.05) is 17.2 Å². The lowest BCUT2D eigenvalue weighted by Crippen LogP contribution is -2.11. The maximum atomic E-state index is 12.2. The van der Waals surface area contributed by atoms with Gasteiger partial charge in [0, 0.05) is 30.0 Å². The monoisotopic (exact) mass is 270 g/mol. The zero-order valence-corrected chi connectivity index (χ0v) is 11.7. The number of fused-ring (bicyclic) bond motifs is 1. The average Bonchev–Trinajstić information content (AvgIpc) is 3.05. The van der Waals surface area contributed by atoms with Crippen molar-refractivity contribution in [3.05, 3.63) is 41.7 Å². The summed E-state index contributed by atoms with van der Waals surface area (Å²) < 4.78 is 1.82. The summed E-state index contributed by atoms with van der Waals surface area (Å²) in [7, 11) is 0. The molecule has 0 aliphatic carbocycles. The van der Waals surface area contributed by atoms with Crippen LogP contribution in [0.2, 0.25) is 0 Å². The lowest BCUT2D eigenvalue weighted by atomic mass is 10.1. The van der Waals surface area contributed by atoms with Crippen LogP contribution in [0.5, 0.6) is 0 Å². The largest absolute Gasteiger partial charge is 0.384 e. The van der Waals surface area contributed by atoms with Gasteiger partial charge in [-0.25, -0.2) is 0 Å². The smallest absolute Gasteiger partial charge is 0.255 e. The zero-order chi connectivity index (χ0) is 14.1. The van der Waals surface area contributed by atoms with Gasteiger partial charge in [0.25, 0.3) is 5.91 Å². The number of aromatic nitrogens is 2. The number of anilines is 2. The van der Waals surface area contributed by atoms with Crippen LogP contribution in [0, 0.1) is 0 Å². The van der Waals surface area contributed by atoms with E-state index in [1.807, 2.05) is 42.9 Å². The van der Waals surface area contributed by atoms with E-state index in [2.05, 4.69) is 15.7 Å². The van der Waals surface area contributed by atoms with Gasteiger partial charge < -0.3 is 10.6 Å². The SMILES string of the molecule is CC(C)n1cc(NC(=O)c2ccc3c(c2)NCC3)cn1. The lowest BCUT2D eigenvalue weighted by molar-refractivity contribution is 0.102. The number of hydrogen-bond acceptors (Lipinski definition) is 3. The third-order valence-corrected chi connectivity index (χ3v) is 3.47. The van der Waals surface area contributed by atoms with Crippen molar-refractivity contribution in [2.24, 2.45) is 0 Å². The predicted octanol–water partition coefficient (Wildman–Crippen LogP) is 2.68. The summed E-state index contributed by atoms with van der Waals surface area (Å²) in [6.45, 7) is 5.04. The fourth-order valence-electron chi connectivity index (χ4n) is 2.32. The zero-order valence-electron chi connectivity index (χ0n) is 11.7. The van der Waals surface area contributed by atoms with Crippen LogP contribution in [0.25, 0.3) is 0 Å². The molecule has 1 aromatic carbocycles. The van der Waals surface area contributed by atoms with Crippen molar-refractivity contribution in [1.29, 1.82) is 0 Å². The summed E-state index contributed by atoms with van der Waals surface area (Å²) in [5.41, 5.74) is 3.72. The van der Waals surface area contributed by atoms with Crippen molar-refractivity contribution in [2.45, 2.75) is 26.3 Å². The first-order chi connectivity index (χ1) is 9.63. The van der Waals surface area contributed by atoms with E-state index in [1.165, 1.54) is 5.56 Å². The van der Waals surface area contributed by atoms with E-state index in [9.17, 15) is 4.79 Å². The Labute approximate surface area is 118 Å². The number of rotatable bonds is 3. The van der Waals surface area contributed by atoms with Crippen molar-refractivity contribution < 1.29 is 4.79 Å². The molecule has 1 amide bonds. The molecule has 3 rings (SSSR count). The van der Waals surface area contributed by atoms with E-state index in [4.69, 9.17) is 0 Å². The Morgan fingerprint density at radius 1 is 1.45 bits per heavy atom. The fourth-order valence-corrected chi connectivity index (χ4v) is 2.32. The molecule has 0 spiro atoms. The van der Waals surface area contributed by atoms with Crippen molar-refractivity contribution in [1.82, 2.24) is 9.78 Å². The minimum Gasteiger partial charge on any atom is -0.384 e. The van der Waals surface area contributed by atoms with Crippen LogP contribution < -0.4 is 10.6 Å². The van der Waals surface area contributed by atoms with Gasteiger partial charge in [0.15, 0.2) is 0 Å². The molecule has 0 radical (unpaired) electrons. The molecule has 0 atom stereocenters. The topological polar surface area (TPSA) is 59.0 Å². The highest BCUT2D eigenvalue weighted by atomic mass is 16.1. The minimum absolute atomic E-state index is 0.107. The molecule has 1 aromatic heterocycles. The van der Waals surface area contributed by atoms with Crippen LogP contribution in [-0.2, 0) is 6.42 Å². The first kappa shape index (κ1) is 12.7. The Kier molecular flexibility index (Phi) is 3.18. The fraction of sp³-hybridized carbons (Fsp3) is 0.333. The molecule has 20 heavy (non-hydrogen) atoms. The second-order valence-corrected chi connectivity index (χ2v) is 5.31. The van der Waals surface area contributed by atoms with Gasteiger partial charge in [-0.05, 0) is 38.0 Å². The Bertz CT molecular complexity index is 645. The van der Waals surface area contributed by atoms with Gasteiger partial charge in [0.05, 0.1) is 11.9 Å². The molecule has 1 aliphatic heterocycles. The normalized spacial score (nSPS) is 13.2. The molecule has 0 fully saturated rings. The van der Waals surface area contributed by atoms with Gasteiger partial charge in [-0.15, -0.1) is 0 Å². The number of amides is 1. The van der Waals surface area contributed by atoms with Crippen LogP contribution in [0.4, 0.5) is 11.4 Å². The lowest BCUT2D eigenvalue weighted by Gasteiger charge is -2.06. The van der Waals surface area contributed by atoms with Gasteiger partial charge >= 0.3 is 0 Å². The molecule has 5 nitrogen and oxygen atoms in total. The Morgan fingerprint density at radius 3 is 3.05 bits per heavy atom. The van der Waals surface area contributed by atoms with E-state index in [-0.39, 0.29) is 11.9 Å². The van der Waals surface area contributed by atoms with Gasteiger partial charge in [0.1, 0.15) is 0 Å². The van der Waals surface area contributed by atoms with Crippen molar-refractivity contribution in [3.8, 4) is 0 Å². The molecule has 0 saturated carbocycles. The molecular formula is C15H18N4O. The van der Waals surface area contributed by atoms with E-state index in [1.54, 1.807) is 6.20 Å². The highest BCUT2D eigenvalue weighted by Gasteiger charge is 2.14. The summed E-state index contributed by atoms with van der Waals surface area (Å²) in [6, 6.07) is 6.07. The highest BCUT2D eigenvalue weighted by Crippen LogP contribution is 2.23. The maximum Gasteiger partial charge on any atom is 0.255 e. The second-order valence-electron chi connectivity index (χ2n) is 5.31. The molecule has 0 saturated heterocycles. The Morgan fingerprint density at radius 2 is 2.30 bits per heavy atom. The molecular weight excluding hydrogens is 252 g/mol. The molecule has 5 heteroatoms. The molecule has 2 N–H and O–H groups in total. The number of hydrogen-bond donors (Lipinski definition) is 2. The highest BCUT2D eigenvalue weighted by molar-refractivity contribution is 6.04. The molecule has 0 unspecified atom stereocenters. The molecule has 2 aromatic rings. The van der Waals surface area contributed by atoms with Gasteiger partial charge in [-0.3, -0.25) is 9.48 Å². The van der Waals surface area contributed by atoms with Gasteiger partial charge in [-0.1, -0.05) is 6.07 Å². The summed E-state index contributed by atoms with van der Waals surface area (Å²) in [5.74, 6) is -0.107. The van der Waals surface area contributed by atoms with Crippen molar-refractivity contribution >= 4 is 17.3 Å². The third-order valence-electron chi connectivity index (χ3n) is 3.47. The predicted molar refractivity (Wildman–Crippen MR) is 79.2 cm³/mol. The Balaban J connectivity index is 1.75. The molecule has 104 valence electrons.